The lowest BCUT2D eigenvalue weighted by molar-refractivity contribution is 0.0577. The maximum absolute atomic E-state index is 13.6. The van der Waals surface area contributed by atoms with E-state index in [-0.39, 0.29) is 11.7 Å². The van der Waals surface area contributed by atoms with Crippen molar-refractivity contribution in [1.29, 1.82) is 0 Å². The van der Waals surface area contributed by atoms with Crippen LogP contribution in [0.2, 0.25) is 0 Å². The first-order chi connectivity index (χ1) is 15.0. The lowest BCUT2D eigenvalue weighted by Crippen LogP contribution is -2.63. The smallest absolute Gasteiger partial charge is 0.146 e. The summed E-state index contributed by atoms with van der Waals surface area (Å²) in [5, 5.41) is 17.9. The average molecular weight is 456 g/mol. The van der Waals surface area contributed by atoms with Crippen LogP contribution in [-0.2, 0) is 11.5 Å². The molecule has 32 heavy (non-hydrogen) atoms. The number of halogens is 2. The van der Waals surface area contributed by atoms with Gasteiger partial charge in [0.2, 0.25) is 0 Å². The van der Waals surface area contributed by atoms with Crippen LogP contribution in [0.3, 0.4) is 0 Å². The topological polar surface area (TPSA) is 89.0 Å². The van der Waals surface area contributed by atoms with E-state index in [4.69, 9.17) is 17.3 Å². The van der Waals surface area contributed by atoms with Gasteiger partial charge in [-0.25, -0.2) is 4.39 Å². The van der Waals surface area contributed by atoms with E-state index in [0.29, 0.717) is 12.1 Å². The molecule has 3 aromatic rings. The number of aromatic nitrogens is 3. The summed E-state index contributed by atoms with van der Waals surface area (Å²) >= 11 is 7.23. The molecule has 0 fully saturated rings. The van der Waals surface area contributed by atoms with Crippen LogP contribution in [0.5, 0.6) is 0 Å². The van der Waals surface area contributed by atoms with Gasteiger partial charge in [-0.2, -0.15) is 5.10 Å². The Bertz CT molecular complexity index is 1120. The summed E-state index contributed by atoms with van der Waals surface area (Å²) in [6.07, 6.45) is 9.07. The van der Waals surface area contributed by atoms with Gasteiger partial charge in [0.25, 0.3) is 0 Å². The van der Waals surface area contributed by atoms with Crippen molar-refractivity contribution in [1.82, 2.24) is 20.1 Å². The Hall–Kier alpha value is -2.58. The first-order valence-corrected chi connectivity index (χ1v) is 10.8. The zero-order chi connectivity index (χ0) is 23.1. The molecular weight excluding hydrogens is 429 g/mol. The average Bonchev–Trinajstić information content (AvgIpc) is 3.14. The molecule has 1 aromatic carbocycles. The van der Waals surface area contributed by atoms with Crippen LogP contribution < -0.4 is 11.1 Å². The van der Waals surface area contributed by atoms with Crippen molar-refractivity contribution < 1.29 is 9.50 Å². The van der Waals surface area contributed by atoms with Gasteiger partial charge in [-0.1, -0.05) is 29.8 Å². The Balaban J connectivity index is 1.84. The lowest BCUT2D eigenvalue weighted by Gasteiger charge is -2.47. The maximum Gasteiger partial charge on any atom is 0.146 e. The van der Waals surface area contributed by atoms with E-state index in [1.807, 2.05) is 31.3 Å². The van der Waals surface area contributed by atoms with Crippen LogP contribution in [0.4, 0.5) is 4.39 Å². The maximum atomic E-state index is 13.6. The highest BCUT2D eigenvalue weighted by molar-refractivity contribution is 6.30. The molecule has 8 heteroatoms. The summed E-state index contributed by atoms with van der Waals surface area (Å²) < 4.78 is 15.3. The highest BCUT2D eigenvalue weighted by Crippen LogP contribution is 2.48. The molecule has 1 aliphatic heterocycles. The number of aliphatic hydroxyl groups is 1. The van der Waals surface area contributed by atoms with Crippen molar-refractivity contribution in [3.63, 3.8) is 0 Å². The highest BCUT2D eigenvalue weighted by Gasteiger charge is 2.47. The number of rotatable bonds is 5. The molecule has 168 valence electrons. The second-order valence-corrected chi connectivity index (χ2v) is 9.72. The van der Waals surface area contributed by atoms with E-state index in [1.165, 1.54) is 12.1 Å². The SMILES string of the molecule is CC(C)(O)Cn1cc(C2C=C(c3ccncc3)C(Cl)(c3ccc(F)cc3)NC2(C)N)cn1. The van der Waals surface area contributed by atoms with Crippen LogP contribution in [-0.4, -0.2) is 31.1 Å². The van der Waals surface area contributed by atoms with Crippen molar-refractivity contribution in [3.8, 4) is 0 Å². The minimum Gasteiger partial charge on any atom is -0.389 e. The molecule has 3 heterocycles. The molecule has 0 saturated heterocycles. The van der Waals surface area contributed by atoms with Gasteiger partial charge in [0.15, 0.2) is 0 Å². The molecule has 0 bridgehead atoms. The number of nitrogens with two attached hydrogens (primary N) is 1. The molecule has 0 radical (unpaired) electrons. The molecule has 1 aliphatic rings. The van der Waals surface area contributed by atoms with Crippen molar-refractivity contribution in [3.05, 3.63) is 89.8 Å². The van der Waals surface area contributed by atoms with E-state index >= 15 is 0 Å². The zero-order valence-electron chi connectivity index (χ0n) is 18.3. The summed E-state index contributed by atoms with van der Waals surface area (Å²) in [5.41, 5.74) is 8.14. The number of alkyl halides is 1. The molecule has 0 spiro atoms. The molecule has 3 atom stereocenters. The number of hydrogen-bond acceptors (Lipinski definition) is 5. The molecule has 0 saturated carbocycles. The minimum atomic E-state index is -1.18. The summed E-state index contributed by atoms with van der Waals surface area (Å²) in [6.45, 7) is 5.68. The molecule has 6 nitrogen and oxygen atoms in total. The Morgan fingerprint density at radius 1 is 1.22 bits per heavy atom. The molecule has 0 aliphatic carbocycles. The number of pyridine rings is 1. The van der Waals surface area contributed by atoms with Gasteiger partial charge < -0.3 is 10.8 Å². The molecule has 4 N–H and O–H groups in total. The van der Waals surface area contributed by atoms with Gasteiger partial charge in [-0.15, -0.1) is 0 Å². The Kier molecular flexibility index (Phi) is 5.71. The molecule has 0 amide bonds. The second kappa shape index (κ2) is 8.08. The van der Waals surface area contributed by atoms with Crippen LogP contribution in [0, 0.1) is 5.82 Å². The summed E-state index contributed by atoms with van der Waals surface area (Å²) in [6, 6.07) is 9.83. The van der Waals surface area contributed by atoms with E-state index < -0.39 is 16.3 Å². The molecule has 3 unspecified atom stereocenters. The fourth-order valence-electron chi connectivity index (χ4n) is 4.17. The first kappa shape index (κ1) is 22.6. The fourth-order valence-corrected chi connectivity index (χ4v) is 4.67. The van der Waals surface area contributed by atoms with Crippen molar-refractivity contribution in [2.75, 3.05) is 0 Å². The minimum absolute atomic E-state index is 0.270. The monoisotopic (exact) mass is 455 g/mol. The number of benzene rings is 1. The van der Waals surface area contributed by atoms with E-state index in [2.05, 4.69) is 15.4 Å². The van der Waals surface area contributed by atoms with Crippen LogP contribution in [0.15, 0.2) is 67.3 Å². The lowest BCUT2D eigenvalue weighted by atomic mass is 9.78. The van der Waals surface area contributed by atoms with Gasteiger partial charge >= 0.3 is 0 Å². The Labute approximate surface area is 191 Å². The van der Waals surface area contributed by atoms with Gasteiger partial charge in [-0.3, -0.25) is 15.0 Å². The third-order valence-corrected chi connectivity index (χ3v) is 6.10. The number of nitrogens with zero attached hydrogens (tertiary/aromatic N) is 3. The Morgan fingerprint density at radius 2 is 1.88 bits per heavy atom. The third-order valence-electron chi connectivity index (χ3n) is 5.59. The van der Waals surface area contributed by atoms with Crippen molar-refractivity contribution >= 4 is 17.2 Å². The normalized spacial score (nSPS) is 26.1. The highest BCUT2D eigenvalue weighted by atomic mass is 35.5. The van der Waals surface area contributed by atoms with E-state index in [0.717, 1.165) is 16.7 Å². The van der Waals surface area contributed by atoms with Gasteiger partial charge in [0, 0.05) is 30.1 Å². The predicted molar refractivity (Wildman–Crippen MR) is 123 cm³/mol. The standard InChI is InChI=1S/C24H27ClFN5O/c1-22(2,32)15-31-14-17(13-29-31)20-12-21(16-8-10-28-11-9-16)24(25,30-23(20,3)27)18-4-6-19(26)7-5-18/h4-14,20,30,32H,15,27H2,1-3H3. The van der Waals surface area contributed by atoms with E-state index in [9.17, 15) is 9.50 Å². The van der Waals surface area contributed by atoms with Crippen LogP contribution in [0.1, 0.15) is 43.4 Å². The molecule has 4 rings (SSSR count). The fraction of sp³-hybridized carbons (Fsp3) is 0.333. The molecule has 2 aromatic heterocycles. The van der Waals surface area contributed by atoms with Crippen molar-refractivity contribution in [2.45, 2.75) is 49.5 Å². The van der Waals surface area contributed by atoms with E-state index in [1.54, 1.807) is 49.3 Å². The van der Waals surface area contributed by atoms with Gasteiger partial charge in [0.05, 0.1) is 24.0 Å². The summed E-state index contributed by atoms with van der Waals surface area (Å²) in [5.74, 6) is -0.611. The third kappa shape index (κ3) is 4.47. The summed E-state index contributed by atoms with van der Waals surface area (Å²) in [4.78, 5) is 2.93. The Morgan fingerprint density at radius 3 is 2.50 bits per heavy atom. The summed E-state index contributed by atoms with van der Waals surface area (Å²) in [7, 11) is 0. The number of nitrogens with one attached hydrogen (secondary N) is 1. The van der Waals surface area contributed by atoms with Crippen LogP contribution >= 0.6 is 11.6 Å². The number of hydrogen-bond donors (Lipinski definition) is 3. The zero-order valence-corrected chi connectivity index (χ0v) is 19.0. The van der Waals surface area contributed by atoms with Gasteiger partial charge in [-0.05, 0) is 61.7 Å². The van der Waals surface area contributed by atoms with Crippen molar-refractivity contribution in [2.24, 2.45) is 5.73 Å². The quantitative estimate of drug-likeness (QED) is 0.403. The molecular formula is C24H27ClFN5O. The first-order valence-electron chi connectivity index (χ1n) is 10.4. The largest absolute Gasteiger partial charge is 0.389 e. The van der Waals surface area contributed by atoms with Gasteiger partial charge in [0.1, 0.15) is 10.8 Å². The second-order valence-electron chi connectivity index (χ2n) is 9.15. The predicted octanol–water partition coefficient (Wildman–Crippen LogP) is 3.73. The van der Waals surface area contributed by atoms with Crippen LogP contribution in [0.25, 0.3) is 5.57 Å².